The molecule has 8 aromatic heterocycles. The zero-order chi connectivity index (χ0) is 79.4. The van der Waals surface area contributed by atoms with E-state index in [9.17, 15) is 58.8 Å². The number of aromatic nitrogens is 12. The van der Waals surface area contributed by atoms with Crippen molar-refractivity contribution >= 4 is 142 Å². The number of pyridine rings is 4. The Morgan fingerprint density at radius 3 is 0.607 bits per heavy atom. The number of carbonyl (C=O) groups excluding carboxylic acids is 8. The van der Waals surface area contributed by atoms with Crippen molar-refractivity contribution in [3.8, 4) is 0 Å². The average molecular weight is 1570 g/mol. The van der Waals surface area contributed by atoms with Gasteiger partial charge in [-0.3, -0.25) is 82.7 Å². The number of nitrogens with zero attached hydrogens (tertiary/aromatic N) is 16. The molecular formula is C78H60N16O14S4. The van der Waals surface area contributed by atoms with Crippen LogP contribution in [0.3, 0.4) is 0 Å². The van der Waals surface area contributed by atoms with Crippen LogP contribution in [0.2, 0.25) is 0 Å². The van der Waals surface area contributed by atoms with Crippen LogP contribution in [-0.4, -0.2) is 139 Å². The number of anilines is 4. The van der Waals surface area contributed by atoms with Crippen LogP contribution >= 0.6 is 45.3 Å². The van der Waals surface area contributed by atoms with E-state index in [1.807, 2.05) is 72.8 Å². The standard InChI is InChI=1S/4C19H14N4O3S.C2H4O2/c4*1-11-21-22-19(27-11)23-15(12-5-3-2-4-6-12)14(17(25)18(23)26)16(24)13-7-9-20-10-8-13;1-2(3)4/h4*2-10,15,24H,1H3;1H3,(H,3,4)/b4*16-14+;. The lowest BCUT2D eigenvalue weighted by Crippen LogP contribution is -2.29. The minimum absolute atomic E-state index is 0.0188. The predicted octanol–water partition coefficient (Wildman–Crippen LogP) is 11.6. The molecule has 0 aliphatic carbocycles. The second kappa shape index (κ2) is 34.4. The fourth-order valence-corrected chi connectivity index (χ4v) is 15.0. The van der Waals surface area contributed by atoms with Gasteiger partial charge in [0, 0.05) is 78.8 Å². The molecule has 0 radical (unpaired) electrons. The van der Waals surface area contributed by atoms with E-state index in [4.69, 9.17) is 9.90 Å². The molecule has 0 spiro atoms. The molecule has 4 amide bonds. The Morgan fingerprint density at radius 2 is 0.455 bits per heavy atom. The number of ketones is 4. The van der Waals surface area contributed by atoms with E-state index in [-0.39, 0.29) is 45.3 Å². The molecule has 4 saturated heterocycles. The lowest BCUT2D eigenvalue weighted by Gasteiger charge is -2.22. The molecular weight excluding hydrogens is 1510 g/mol. The third-order valence-electron chi connectivity index (χ3n) is 16.9. The predicted molar refractivity (Wildman–Crippen MR) is 414 cm³/mol. The van der Waals surface area contributed by atoms with Crippen LogP contribution in [0.4, 0.5) is 20.5 Å². The van der Waals surface area contributed by atoms with E-state index in [0.717, 1.165) is 6.92 Å². The van der Waals surface area contributed by atoms with E-state index in [1.165, 1.54) is 115 Å². The minimum atomic E-state index is -0.833. The largest absolute Gasteiger partial charge is 0.507 e. The van der Waals surface area contributed by atoms with Crippen LogP contribution in [0.25, 0.3) is 23.0 Å². The summed E-state index contributed by atoms with van der Waals surface area (Å²) in [5, 5.41) is 86.6. The Morgan fingerprint density at radius 1 is 0.286 bits per heavy atom. The fraction of sp³-hybridized carbons (Fsp3) is 0.115. The van der Waals surface area contributed by atoms with Gasteiger partial charge in [0.2, 0.25) is 20.5 Å². The minimum Gasteiger partial charge on any atom is -0.507 e. The highest BCUT2D eigenvalue weighted by molar-refractivity contribution is 7.16. The number of hydrogen-bond acceptors (Lipinski definition) is 29. The summed E-state index contributed by atoms with van der Waals surface area (Å²) in [5.74, 6) is -7.80. The Hall–Kier alpha value is -14.1. The van der Waals surface area contributed by atoms with Gasteiger partial charge in [0.15, 0.2) is 0 Å². The van der Waals surface area contributed by atoms with Gasteiger partial charge in [-0.2, -0.15) is 0 Å². The van der Waals surface area contributed by atoms with Crippen molar-refractivity contribution in [3.05, 3.63) is 306 Å². The summed E-state index contributed by atoms with van der Waals surface area (Å²) in [7, 11) is 0. The van der Waals surface area contributed by atoms with Crippen molar-refractivity contribution in [3.63, 3.8) is 0 Å². The number of hydrogen-bond donors (Lipinski definition) is 5. The molecule has 0 bridgehead atoms. The summed E-state index contributed by atoms with van der Waals surface area (Å²) in [6.45, 7) is 8.16. The van der Waals surface area contributed by atoms with Gasteiger partial charge in [-0.1, -0.05) is 167 Å². The molecule has 112 heavy (non-hydrogen) atoms. The first-order valence-corrected chi connectivity index (χ1v) is 36.8. The summed E-state index contributed by atoms with van der Waals surface area (Å²) in [4.78, 5) is 132. The van der Waals surface area contributed by atoms with E-state index >= 15 is 0 Å². The summed E-state index contributed by atoms with van der Waals surface area (Å²) >= 11 is 4.86. The van der Waals surface area contributed by atoms with Crippen LogP contribution in [0.1, 0.15) is 95.6 Å². The van der Waals surface area contributed by atoms with Crippen molar-refractivity contribution in [2.24, 2.45) is 0 Å². The molecule has 30 nitrogen and oxygen atoms in total. The van der Waals surface area contributed by atoms with Gasteiger partial charge >= 0.3 is 23.6 Å². The molecule has 0 saturated carbocycles. The number of aliphatic hydroxyl groups excluding tert-OH is 4. The molecule has 16 rings (SSSR count). The summed E-state index contributed by atoms with van der Waals surface area (Å²) in [6.07, 6.45) is 12.1. The molecule has 4 unspecified atom stereocenters. The first-order chi connectivity index (χ1) is 54.0. The van der Waals surface area contributed by atoms with Gasteiger partial charge in [-0.15, -0.1) is 40.8 Å². The molecule has 12 aromatic rings. The normalized spacial score (nSPS) is 18.4. The number of Topliss-reactive ketones (excluding diaryl/α,β-unsaturated/α-hetero) is 4. The Labute approximate surface area is 651 Å². The number of carboxylic acids is 1. The lowest BCUT2D eigenvalue weighted by molar-refractivity contribution is -0.134. The second-order valence-electron chi connectivity index (χ2n) is 24.2. The Bertz CT molecular complexity index is 4990. The number of aliphatic carboxylic acids is 1. The summed E-state index contributed by atoms with van der Waals surface area (Å²) in [6, 6.07) is 45.8. The van der Waals surface area contributed by atoms with Crippen molar-refractivity contribution in [2.75, 3.05) is 19.6 Å². The first-order valence-electron chi connectivity index (χ1n) is 33.5. The molecule has 4 aliphatic heterocycles. The zero-order valence-electron chi connectivity index (χ0n) is 59.3. The van der Waals surface area contributed by atoms with E-state index in [0.29, 0.717) is 85.1 Å². The third-order valence-corrected chi connectivity index (χ3v) is 20.3. The van der Waals surface area contributed by atoms with Crippen LogP contribution in [0.15, 0.2) is 242 Å². The Kier molecular flexibility index (Phi) is 23.8. The van der Waals surface area contributed by atoms with Gasteiger partial charge in [-0.25, -0.2) is 0 Å². The second-order valence-corrected chi connectivity index (χ2v) is 28.8. The maximum atomic E-state index is 12.8. The van der Waals surface area contributed by atoms with Crippen molar-refractivity contribution in [1.29, 1.82) is 0 Å². The van der Waals surface area contributed by atoms with Crippen molar-refractivity contribution < 1.29 is 68.7 Å². The maximum Gasteiger partial charge on any atom is 0.301 e. The monoisotopic (exact) mass is 1570 g/mol. The van der Waals surface area contributed by atoms with Gasteiger partial charge in [0.05, 0.1) is 46.5 Å². The molecule has 4 aliphatic rings. The molecule has 4 fully saturated rings. The van der Waals surface area contributed by atoms with Gasteiger partial charge < -0.3 is 25.5 Å². The zero-order valence-corrected chi connectivity index (χ0v) is 62.6. The molecule has 5 N–H and O–H groups in total. The molecule has 560 valence electrons. The number of benzene rings is 4. The Balaban J connectivity index is 0.000000136. The van der Waals surface area contributed by atoms with Gasteiger partial charge in [-0.05, 0) is 98.5 Å². The van der Waals surface area contributed by atoms with Gasteiger partial charge in [0.1, 0.15) is 43.1 Å². The number of rotatable bonds is 12. The van der Waals surface area contributed by atoms with Crippen LogP contribution in [0, 0.1) is 27.7 Å². The smallest absolute Gasteiger partial charge is 0.301 e. The topological polar surface area (TPSA) is 422 Å². The van der Waals surface area contributed by atoms with E-state index in [2.05, 4.69) is 60.7 Å². The maximum absolute atomic E-state index is 12.8. The lowest BCUT2D eigenvalue weighted by atomic mass is 9.96. The number of amides is 4. The van der Waals surface area contributed by atoms with Gasteiger partial charge in [0.25, 0.3) is 29.1 Å². The SMILES string of the molecule is CC(=O)O.Cc1nnc(N2C(=O)C(=O)/C(=C(/O)c3ccncc3)C2c2ccccc2)s1.Cc1nnc(N2C(=O)C(=O)/C(=C(/O)c3ccncc3)C2c2ccccc2)s1.Cc1nnc(N2C(=O)C(=O)/C(=C(/O)c3ccncc3)C2c2ccccc2)s1.Cc1nnc(N2C(=O)C(=O)/C(=C(/O)c3ccncc3)C2c2ccccc2)s1. The number of aryl methyl sites for hydroxylation is 4. The first kappa shape index (κ1) is 77.5. The number of carboxylic acid groups (broad SMARTS) is 1. The number of aliphatic hydroxyl groups is 4. The van der Waals surface area contributed by atoms with Crippen molar-refractivity contribution in [2.45, 2.75) is 58.8 Å². The molecule has 4 aromatic carbocycles. The molecule has 4 atom stereocenters. The van der Waals surface area contributed by atoms with Crippen LogP contribution in [-0.2, 0) is 43.2 Å². The summed E-state index contributed by atoms with van der Waals surface area (Å²) in [5.41, 5.74) is 4.51. The molecule has 34 heteroatoms. The quantitative estimate of drug-likeness (QED) is 0.0431. The van der Waals surface area contributed by atoms with E-state index < -0.39 is 76.9 Å². The summed E-state index contributed by atoms with van der Waals surface area (Å²) < 4.78 is 0. The van der Waals surface area contributed by atoms with Crippen LogP contribution in [0.5, 0.6) is 0 Å². The van der Waals surface area contributed by atoms with Crippen molar-refractivity contribution in [1.82, 2.24) is 60.7 Å². The van der Waals surface area contributed by atoms with E-state index in [1.54, 1.807) is 125 Å². The third kappa shape index (κ3) is 16.3. The highest BCUT2D eigenvalue weighted by atomic mass is 32.1. The highest BCUT2D eigenvalue weighted by Crippen LogP contribution is 2.47. The van der Waals surface area contributed by atoms with Crippen LogP contribution < -0.4 is 19.6 Å². The highest BCUT2D eigenvalue weighted by Gasteiger charge is 2.52. The molecule has 12 heterocycles. The number of carbonyl (C=O) groups is 9. The average Bonchev–Trinajstić information content (AvgIpc) is 1.62. The fourth-order valence-electron chi connectivity index (χ4n) is 12.1.